The maximum atomic E-state index is 13.2. The quantitative estimate of drug-likeness (QED) is 0.517. The molecule has 2 aromatic rings. The SMILES string of the molecule is COC(=O)c1ccc(CNc2cc(F)cc([N+](=O)[O-])c2)o1. The van der Waals surface area contributed by atoms with Gasteiger partial charge in [-0.05, 0) is 18.2 Å². The number of carbonyl (C=O) groups excluding carboxylic acids is 1. The Kier molecular flexibility index (Phi) is 4.17. The molecule has 0 aliphatic heterocycles. The first-order chi connectivity index (χ1) is 9.99. The fraction of sp³-hybridized carbons (Fsp3) is 0.154. The number of carbonyl (C=O) groups is 1. The fourth-order valence-electron chi connectivity index (χ4n) is 1.65. The van der Waals surface area contributed by atoms with E-state index in [9.17, 15) is 19.3 Å². The Bertz CT molecular complexity index is 683. The molecule has 0 aliphatic rings. The first-order valence-electron chi connectivity index (χ1n) is 5.85. The van der Waals surface area contributed by atoms with E-state index in [-0.39, 0.29) is 23.7 Å². The molecule has 1 aromatic carbocycles. The molecule has 0 unspecified atom stereocenters. The summed E-state index contributed by atoms with van der Waals surface area (Å²) in [5, 5.41) is 13.4. The Balaban J connectivity index is 2.07. The van der Waals surface area contributed by atoms with Gasteiger partial charge in [-0.3, -0.25) is 10.1 Å². The Morgan fingerprint density at radius 1 is 1.43 bits per heavy atom. The van der Waals surface area contributed by atoms with Gasteiger partial charge in [0.15, 0.2) is 0 Å². The monoisotopic (exact) mass is 294 g/mol. The number of nitro groups is 1. The molecule has 0 aliphatic carbocycles. The molecule has 8 heteroatoms. The number of benzene rings is 1. The zero-order valence-electron chi connectivity index (χ0n) is 11.0. The van der Waals surface area contributed by atoms with Gasteiger partial charge in [0.1, 0.15) is 11.6 Å². The lowest BCUT2D eigenvalue weighted by Gasteiger charge is -2.04. The van der Waals surface area contributed by atoms with Crippen molar-refractivity contribution in [1.82, 2.24) is 0 Å². The number of hydrogen-bond donors (Lipinski definition) is 1. The molecule has 0 spiro atoms. The molecular formula is C13H11FN2O5. The second-order valence-corrected chi connectivity index (χ2v) is 4.07. The molecule has 0 fully saturated rings. The highest BCUT2D eigenvalue weighted by atomic mass is 19.1. The molecule has 7 nitrogen and oxygen atoms in total. The highest BCUT2D eigenvalue weighted by Crippen LogP contribution is 2.21. The topological polar surface area (TPSA) is 94.6 Å². The Morgan fingerprint density at radius 3 is 2.86 bits per heavy atom. The van der Waals surface area contributed by atoms with Gasteiger partial charge in [-0.25, -0.2) is 9.18 Å². The minimum Gasteiger partial charge on any atom is -0.463 e. The van der Waals surface area contributed by atoms with Gasteiger partial charge in [0.2, 0.25) is 5.76 Å². The van der Waals surface area contributed by atoms with E-state index in [4.69, 9.17) is 4.42 Å². The van der Waals surface area contributed by atoms with Crippen molar-refractivity contribution >= 4 is 17.3 Å². The van der Waals surface area contributed by atoms with Crippen LogP contribution in [0.25, 0.3) is 0 Å². The van der Waals surface area contributed by atoms with Gasteiger partial charge >= 0.3 is 5.97 Å². The van der Waals surface area contributed by atoms with Crippen LogP contribution in [0, 0.1) is 15.9 Å². The van der Waals surface area contributed by atoms with Gasteiger partial charge in [-0.1, -0.05) is 0 Å². The van der Waals surface area contributed by atoms with E-state index in [1.54, 1.807) is 6.07 Å². The van der Waals surface area contributed by atoms with Crippen molar-refractivity contribution in [3.63, 3.8) is 0 Å². The van der Waals surface area contributed by atoms with Gasteiger partial charge in [-0.2, -0.15) is 0 Å². The molecule has 0 bridgehead atoms. The highest BCUT2D eigenvalue weighted by molar-refractivity contribution is 5.86. The number of non-ortho nitro benzene ring substituents is 1. The smallest absolute Gasteiger partial charge is 0.373 e. The van der Waals surface area contributed by atoms with Gasteiger partial charge in [0.25, 0.3) is 5.69 Å². The van der Waals surface area contributed by atoms with Crippen LogP contribution >= 0.6 is 0 Å². The summed E-state index contributed by atoms with van der Waals surface area (Å²) in [5.41, 5.74) is -0.120. The lowest BCUT2D eigenvalue weighted by molar-refractivity contribution is -0.385. The van der Waals surface area contributed by atoms with Crippen LogP contribution in [0.1, 0.15) is 16.3 Å². The molecule has 0 amide bonds. The molecule has 0 atom stereocenters. The molecule has 0 saturated carbocycles. The summed E-state index contributed by atoms with van der Waals surface area (Å²) in [6.45, 7) is 0.137. The summed E-state index contributed by atoms with van der Waals surface area (Å²) >= 11 is 0. The summed E-state index contributed by atoms with van der Waals surface area (Å²) in [6, 6.07) is 6.14. The van der Waals surface area contributed by atoms with Crippen molar-refractivity contribution in [1.29, 1.82) is 0 Å². The number of hydrogen-bond acceptors (Lipinski definition) is 6. The van der Waals surface area contributed by atoms with E-state index in [1.807, 2.05) is 0 Å². The largest absolute Gasteiger partial charge is 0.463 e. The number of nitro benzene ring substituents is 1. The van der Waals surface area contributed by atoms with Crippen molar-refractivity contribution in [2.45, 2.75) is 6.54 Å². The summed E-state index contributed by atoms with van der Waals surface area (Å²) in [5.74, 6) is -0.883. The standard InChI is InChI=1S/C13H11FN2O5/c1-20-13(17)12-3-2-11(21-12)7-15-9-4-8(14)5-10(6-9)16(18)19/h2-6,15H,7H2,1H3. The first-order valence-corrected chi connectivity index (χ1v) is 5.85. The van der Waals surface area contributed by atoms with Crippen molar-refractivity contribution in [3.8, 4) is 0 Å². The van der Waals surface area contributed by atoms with Crippen LogP contribution in [0.4, 0.5) is 15.8 Å². The summed E-state index contributed by atoms with van der Waals surface area (Å²) in [7, 11) is 1.23. The second kappa shape index (κ2) is 6.04. The summed E-state index contributed by atoms with van der Waals surface area (Å²) < 4.78 is 22.9. The van der Waals surface area contributed by atoms with E-state index >= 15 is 0 Å². The van der Waals surface area contributed by atoms with Gasteiger partial charge in [0, 0.05) is 11.8 Å². The third-order valence-electron chi connectivity index (χ3n) is 2.61. The van der Waals surface area contributed by atoms with Crippen LogP contribution in [-0.4, -0.2) is 18.0 Å². The minimum atomic E-state index is -0.721. The Labute approximate surface area is 118 Å². The van der Waals surface area contributed by atoms with Crippen LogP contribution in [0.2, 0.25) is 0 Å². The molecule has 2 rings (SSSR count). The maximum absolute atomic E-state index is 13.2. The minimum absolute atomic E-state index is 0.0412. The predicted octanol–water partition coefficient (Wildman–Crippen LogP) is 2.73. The van der Waals surface area contributed by atoms with Crippen LogP contribution in [0.3, 0.4) is 0 Å². The zero-order chi connectivity index (χ0) is 15.4. The number of nitrogens with zero attached hydrogens (tertiary/aromatic N) is 1. The lowest BCUT2D eigenvalue weighted by atomic mass is 10.2. The fourth-order valence-corrected chi connectivity index (χ4v) is 1.65. The Hall–Kier alpha value is -2.90. The van der Waals surface area contributed by atoms with Crippen LogP contribution in [0.15, 0.2) is 34.7 Å². The lowest BCUT2D eigenvalue weighted by Crippen LogP contribution is -2.01. The number of methoxy groups -OCH3 is 1. The van der Waals surface area contributed by atoms with E-state index in [1.165, 1.54) is 19.2 Å². The van der Waals surface area contributed by atoms with E-state index in [0.29, 0.717) is 5.76 Å². The van der Waals surface area contributed by atoms with E-state index in [0.717, 1.165) is 12.1 Å². The van der Waals surface area contributed by atoms with Crippen LogP contribution in [-0.2, 0) is 11.3 Å². The number of nitrogens with one attached hydrogen (secondary N) is 1. The predicted molar refractivity (Wildman–Crippen MR) is 70.4 cm³/mol. The highest BCUT2D eigenvalue weighted by Gasteiger charge is 2.12. The third kappa shape index (κ3) is 3.56. The molecule has 21 heavy (non-hydrogen) atoms. The zero-order valence-corrected chi connectivity index (χ0v) is 11.0. The molecule has 1 N–H and O–H groups in total. The number of rotatable bonds is 5. The Morgan fingerprint density at radius 2 is 2.19 bits per heavy atom. The van der Waals surface area contributed by atoms with Crippen molar-refractivity contribution < 1.29 is 23.3 Å². The maximum Gasteiger partial charge on any atom is 0.373 e. The van der Waals surface area contributed by atoms with Gasteiger partial charge in [0.05, 0.1) is 24.6 Å². The average molecular weight is 294 g/mol. The van der Waals surface area contributed by atoms with Gasteiger partial charge < -0.3 is 14.5 Å². The first kappa shape index (κ1) is 14.5. The van der Waals surface area contributed by atoms with Crippen LogP contribution < -0.4 is 5.32 Å². The molecular weight excluding hydrogens is 283 g/mol. The van der Waals surface area contributed by atoms with E-state index < -0.39 is 16.7 Å². The van der Waals surface area contributed by atoms with E-state index in [2.05, 4.69) is 10.1 Å². The number of esters is 1. The third-order valence-corrected chi connectivity index (χ3v) is 2.61. The van der Waals surface area contributed by atoms with Crippen molar-refractivity contribution in [3.05, 3.63) is 57.8 Å². The number of furan rings is 1. The van der Waals surface area contributed by atoms with Crippen molar-refractivity contribution in [2.75, 3.05) is 12.4 Å². The molecule has 1 heterocycles. The molecule has 0 saturated heterocycles. The average Bonchev–Trinajstić information content (AvgIpc) is 2.92. The molecule has 0 radical (unpaired) electrons. The summed E-state index contributed by atoms with van der Waals surface area (Å²) in [6.07, 6.45) is 0. The summed E-state index contributed by atoms with van der Waals surface area (Å²) in [4.78, 5) is 21.2. The van der Waals surface area contributed by atoms with Gasteiger partial charge in [-0.15, -0.1) is 0 Å². The van der Waals surface area contributed by atoms with Crippen molar-refractivity contribution in [2.24, 2.45) is 0 Å². The normalized spacial score (nSPS) is 10.2. The number of ether oxygens (including phenoxy) is 1. The number of anilines is 1. The van der Waals surface area contributed by atoms with Crippen LogP contribution in [0.5, 0.6) is 0 Å². The second-order valence-electron chi connectivity index (χ2n) is 4.07. The molecule has 110 valence electrons. The number of halogens is 1. The molecule has 1 aromatic heterocycles.